The maximum absolute atomic E-state index is 13.1. The van der Waals surface area contributed by atoms with Gasteiger partial charge in [0.2, 0.25) is 25.4 Å². The van der Waals surface area contributed by atoms with E-state index in [2.05, 4.69) is 20.7 Å². The third kappa shape index (κ3) is 23.2. The van der Waals surface area contributed by atoms with E-state index >= 15 is 0 Å². The Bertz CT molecular complexity index is 3180. The highest BCUT2D eigenvalue weighted by Gasteiger charge is 2.52. The maximum Gasteiger partial charge on any atom is 0.516 e. The van der Waals surface area contributed by atoms with Gasteiger partial charge < -0.3 is 63.8 Å². The van der Waals surface area contributed by atoms with Crippen LogP contribution in [0.25, 0.3) is 0 Å². The smallest absolute Gasteiger partial charge is 0.466 e. The fourth-order valence-electron chi connectivity index (χ4n) is 9.77. The summed E-state index contributed by atoms with van der Waals surface area (Å²) in [5.74, 6) is -2.83. The van der Waals surface area contributed by atoms with Crippen LogP contribution in [0.3, 0.4) is 0 Å². The van der Waals surface area contributed by atoms with E-state index < -0.39 is 147 Å². The summed E-state index contributed by atoms with van der Waals surface area (Å²) in [5, 5.41) is 21.0. The summed E-state index contributed by atoms with van der Waals surface area (Å²) in [6, 6.07) is 0.562. The first-order valence-electron chi connectivity index (χ1n) is 31.1. The largest absolute Gasteiger partial charge is 0.516 e. The van der Waals surface area contributed by atoms with Gasteiger partial charge in [0.1, 0.15) is 17.8 Å². The first-order chi connectivity index (χ1) is 44.7. The molecule has 0 saturated carbocycles. The zero-order valence-electron chi connectivity index (χ0n) is 55.9. The third-order valence-corrected chi connectivity index (χ3v) is 16.9. The Kier molecular flexibility index (Phi) is 27.9. The number of ether oxygens (including phenoxy) is 7. The molecule has 96 heavy (non-hydrogen) atoms. The average molecular weight is 1410 g/mol. The number of rotatable bonds is 24. The fraction of sp³-hybridized carbons (Fsp3) is 0.724. The molecule has 0 spiro atoms. The first kappa shape index (κ1) is 78.9. The quantitative estimate of drug-likeness (QED) is 0.0330. The Morgan fingerprint density at radius 3 is 1.36 bits per heavy atom. The van der Waals surface area contributed by atoms with Crippen LogP contribution in [0.5, 0.6) is 5.75 Å². The summed E-state index contributed by atoms with van der Waals surface area (Å²) in [5.41, 5.74) is -4.05. The summed E-state index contributed by atoms with van der Waals surface area (Å²) in [7, 11) is -9.32. The summed E-state index contributed by atoms with van der Waals surface area (Å²) >= 11 is 0. The second-order valence-electron chi connectivity index (χ2n) is 26.3. The number of non-ortho nitro benzene ring substituents is 1. The van der Waals surface area contributed by atoms with Gasteiger partial charge in [0, 0.05) is 50.4 Å². The van der Waals surface area contributed by atoms with E-state index in [4.69, 9.17) is 45.4 Å². The molecule has 0 radical (unpaired) electrons. The average Bonchev–Trinajstić information content (AvgIpc) is 1.63. The van der Waals surface area contributed by atoms with Gasteiger partial charge in [0.15, 0.2) is 0 Å². The molecule has 0 aliphatic carbocycles. The van der Waals surface area contributed by atoms with Crippen molar-refractivity contribution in [2.75, 3.05) is 79.3 Å². The van der Waals surface area contributed by atoms with Crippen LogP contribution in [0, 0.1) is 31.8 Å². The molecule has 1 aromatic rings. The molecule has 0 aromatic heterocycles. The lowest BCUT2D eigenvalue weighted by Crippen LogP contribution is -2.54. The molecule has 4 atom stereocenters. The van der Waals surface area contributed by atoms with Crippen LogP contribution in [0.1, 0.15) is 134 Å². The molecule has 7 rings (SSSR count). The Hall–Kier alpha value is -7.78. The SMILES string of the molecule is CC(C)(C)C(=O)OCOC(=O)Oc1ccc([N+](=O)[O-])cc1.CCOC(=O)C(C)(C)COS(=O)(=O)ON1C(=O)N2C[C@H]1CC[C@H]2C(=O)NC1CCN(C(=O)OCOC(=O)C(C)(C)C)CC1.CCOC(=O)C(C)(C)COS(=O)(=O)ON1C(=O)N2C[C@H]1CC[C@H]2C(=O)NC1CCNCC1. The Labute approximate surface area is 556 Å². The number of fused-ring (bicyclic) bond motifs is 4. The van der Waals surface area contributed by atoms with Crippen LogP contribution in [0.15, 0.2) is 24.3 Å². The van der Waals surface area contributed by atoms with Gasteiger partial charge in [-0.1, -0.05) is 0 Å². The van der Waals surface area contributed by atoms with E-state index in [0.29, 0.717) is 50.3 Å². The van der Waals surface area contributed by atoms with Crippen LogP contribution in [0.2, 0.25) is 0 Å². The molecule has 4 bridgehead atoms. The van der Waals surface area contributed by atoms with Crippen LogP contribution in [-0.4, -0.2) is 222 Å². The number of carbonyl (C=O) groups excluding carboxylic acids is 10. The lowest BCUT2D eigenvalue weighted by Gasteiger charge is -2.34. The summed E-state index contributed by atoms with van der Waals surface area (Å²) in [4.78, 5) is 136. The van der Waals surface area contributed by atoms with Gasteiger partial charge in [-0.15, -0.1) is 8.57 Å². The number of nitrogens with one attached hydrogen (secondary N) is 3. The van der Waals surface area contributed by atoms with E-state index in [-0.39, 0.29) is 68.1 Å². The molecule has 38 heteroatoms. The minimum atomic E-state index is -4.70. The molecule has 3 N–H and O–H groups in total. The van der Waals surface area contributed by atoms with E-state index in [1.165, 1.54) is 66.7 Å². The molecular formula is C58H89N9O27S2. The highest BCUT2D eigenvalue weighted by Crippen LogP contribution is 2.34. The van der Waals surface area contributed by atoms with E-state index in [0.717, 1.165) is 31.0 Å². The number of hydrogen-bond acceptors (Lipinski definition) is 28. The van der Waals surface area contributed by atoms with Crippen molar-refractivity contribution in [2.45, 2.75) is 171 Å². The number of nitro benzene ring substituents is 1. The number of urea groups is 2. The van der Waals surface area contributed by atoms with Crippen molar-refractivity contribution < 1.29 is 120 Å². The second kappa shape index (κ2) is 33.9. The molecule has 6 aliphatic rings. The first-order valence-corrected chi connectivity index (χ1v) is 33.7. The van der Waals surface area contributed by atoms with E-state index in [1.54, 1.807) is 55.4 Å². The second-order valence-corrected chi connectivity index (χ2v) is 28.7. The van der Waals surface area contributed by atoms with Gasteiger partial charge in [0.25, 0.3) is 5.69 Å². The van der Waals surface area contributed by atoms with Gasteiger partial charge in [-0.05, 0) is 160 Å². The van der Waals surface area contributed by atoms with Gasteiger partial charge in [-0.25, -0.2) is 27.5 Å². The summed E-state index contributed by atoms with van der Waals surface area (Å²) < 4.78 is 103. The summed E-state index contributed by atoms with van der Waals surface area (Å²) in [6.45, 7) is 19.8. The van der Waals surface area contributed by atoms with Gasteiger partial charge >= 0.3 is 69.0 Å². The van der Waals surface area contributed by atoms with Gasteiger partial charge in [-0.2, -0.15) is 27.0 Å². The Balaban J connectivity index is 0.000000277. The molecule has 7 amide bonds. The van der Waals surface area contributed by atoms with Crippen molar-refractivity contribution in [3.63, 3.8) is 0 Å². The number of benzene rings is 1. The molecule has 6 saturated heterocycles. The van der Waals surface area contributed by atoms with Crippen molar-refractivity contribution >= 4 is 86.5 Å². The zero-order chi connectivity index (χ0) is 71.7. The predicted molar refractivity (Wildman–Crippen MR) is 329 cm³/mol. The molecule has 6 aliphatic heterocycles. The number of carbonyl (C=O) groups is 10. The molecule has 6 heterocycles. The summed E-state index contributed by atoms with van der Waals surface area (Å²) in [6.07, 6.45) is 2.25. The normalized spacial score (nSPS) is 20.1. The number of hydroxylamine groups is 4. The van der Waals surface area contributed by atoms with Crippen LogP contribution < -0.4 is 20.7 Å². The topological polar surface area (TPSA) is 436 Å². The minimum Gasteiger partial charge on any atom is -0.466 e. The molecule has 540 valence electrons. The van der Waals surface area contributed by atoms with Crippen LogP contribution in [-0.2, 0) is 94.9 Å². The monoisotopic (exact) mass is 1410 g/mol. The molecule has 1 aromatic carbocycles. The standard InChI is InChI=1S/C26H42N4O12S.C19H32N4O8S.C13H15NO7/c1-7-38-22(33)26(5,6)15-41-43(36,37)42-30-18-8-9-19(29(14-18)23(30)34)20(31)27-17-10-12-28(13-11-17)24(35)40-16-39-21(32)25(2,3)4;1-4-29-17(25)19(2,3)12-30-32(27,28)31-23-14-5-6-15(22(11-14)18(23)26)16(24)21-13-7-9-20-10-8-13;1-13(2,3)11(15)19-8-20-12(16)21-10-6-4-9(5-7-10)14(17)18/h17-19H,7-16H2,1-6H3,(H,27,31);13-15,20H,4-12H2,1-3H3,(H,21,24);4-7H,8H2,1-3H3/t18-,19+;14-,15+;/m11./s1. The van der Waals surface area contributed by atoms with E-state index in [9.17, 15) is 74.9 Å². The number of hydrogen-bond donors (Lipinski definition) is 3. The number of piperidine rings is 4. The number of nitrogens with zero attached hydrogens (tertiary/aromatic N) is 6. The van der Waals surface area contributed by atoms with Crippen molar-refractivity contribution in [1.82, 2.24) is 40.8 Å². The fourth-order valence-corrected chi connectivity index (χ4v) is 11.5. The molecule has 0 unspecified atom stereocenters. The molecule has 6 fully saturated rings. The number of likely N-dealkylation sites (tertiary alicyclic amines) is 1. The Morgan fingerprint density at radius 1 is 0.562 bits per heavy atom. The lowest BCUT2D eigenvalue weighted by molar-refractivity contribution is -0.384. The van der Waals surface area contributed by atoms with Gasteiger partial charge in [0.05, 0.1) is 65.1 Å². The predicted octanol–water partition coefficient (Wildman–Crippen LogP) is 3.86. The number of nitro groups is 1. The maximum atomic E-state index is 13.1. The van der Waals surface area contributed by atoms with Crippen molar-refractivity contribution in [3.05, 3.63) is 34.4 Å². The minimum absolute atomic E-state index is 0.0584. The van der Waals surface area contributed by atoms with Crippen LogP contribution >= 0.6 is 0 Å². The molecule has 36 nitrogen and oxygen atoms in total. The van der Waals surface area contributed by atoms with Crippen LogP contribution in [0.4, 0.5) is 24.9 Å². The van der Waals surface area contributed by atoms with E-state index in [1.807, 2.05) is 0 Å². The molecular weight excluding hydrogens is 1320 g/mol. The lowest BCUT2D eigenvalue weighted by atomic mass is 9.95. The number of amides is 7. The highest BCUT2D eigenvalue weighted by molar-refractivity contribution is 7.82. The van der Waals surface area contributed by atoms with Crippen molar-refractivity contribution in [1.29, 1.82) is 0 Å². The number of esters is 4. The Morgan fingerprint density at radius 2 is 0.969 bits per heavy atom. The van der Waals surface area contributed by atoms with Crippen molar-refractivity contribution in [3.8, 4) is 5.75 Å². The third-order valence-electron chi connectivity index (χ3n) is 15.4. The van der Waals surface area contributed by atoms with Crippen molar-refractivity contribution in [2.24, 2.45) is 21.7 Å². The highest BCUT2D eigenvalue weighted by atomic mass is 32.3. The van der Waals surface area contributed by atoms with Gasteiger partial charge in [-0.3, -0.25) is 38.9 Å². The zero-order valence-corrected chi connectivity index (χ0v) is 57.6.